The molecular weight excluding hydrogens is 520 g/mol. The van der Waals surface area contributed by atoms with E-state index in [2.05, 4.69) is 158 Å². The fourth-order valence-corrected chi connectivity index (χ4v) is 6.03. The van der Waals surface area contributed by atoms with Gasteiger partial charge in [0, 0.05) is 10.8 Å². The second-order valence-corrected chi connectivity index (χ2v) is 11.0. The van der Waals surface area contributed by atoms with Crippen molar-refractivity contribution in [3.63, 3.8) is 0 Å². The van der Waals surface area contributed by atoms with Crippen LogP contribution in [0.5, 0.6) is 0 Å². The zero-order valence-corrected chi connectivity index (χ0v) is 23.6. The van der Waals surface area contributed by atoms with Gasteiger partial charge in [-0.2, -0.15) is 0 Å². The van der Waals surface area contributed by atoms with E-state index in [1.54, 1.807) is 0 Å². The number of benzene rings is 7. The lowest BCUT2D eigenvalue weighted by Gasteiger charge is -2.13. The molecular formula is C42H28O. The van der Waals surface area contributed by atoms with Crippen LogP contribution in [0.4, 0.5) is 0 Å². The number of rotatable bonds is 5. The van der Waals surface area contributed by atoms with E-state index in [9.17, 15) is 0 Å². The Hall–Kier alpha value is -5.66. The van der Waals surface area contributed by atoms with Gasteiger partial charge in [-0.25, -0.2) is 0 Å². The van der Waals surface area contributed by atoms with Gasteiger partial charge in [0.05, 0.1) is 0 Å². The largest absolute Gasteiger partial charge is 0.456 e. The van der Waals surface area contributed by atoms with Crippen molar-refractivity contribution in [2.45, 2.75) is 0 Å². The maximum Gasteiger partial charge on any atom is 0.136 e. The van der Waals surface area contributed by atoms with E-state index in [4.69, 9.17) is 4.42 Å². The molecule has 1 aromatic heterocycles. The van der Waals surface area contributed by atoms with Gasteiger partial charge in [0.25, 0.3) is 0 Å². The number of furan rings is 1. The molecule has 0 amide bonds. The molecule has 8 aromatic rings. The molecule has 0 aliphatic heterocycles. The summed E-state index contributed by atoms with van der Waals surface area (Å²) in [5.41, 5.74) is 13.7. The van der Waals surface area contributed by atoms with E-state index < -0.39 is 0 Å². The van der Waals surface area contributed by atoms with E-state index in [0.29, 0.717) is 0 Å². The monoisotopic (exact) mass is 548 g/mol. The van der Waals surface area contributed by atoms with Crippen molar-refractivity contribution in [3.05, 3.63) is 170 Å². The molecule has 0 spiro atoms. The molecule has 1 nitrogen and oxygen atoms in total. The van der Waals surface area contributed by atoms with Crippen LogP contribution in [0.3, 0.4) is 0 Å². The van der Waals surface area contributed by atoms with Gasteiger partial charge in [0.15, 0.2) is 0 Å². The van der Waals surface area contributed by atoms with Crippen molar-refractivity contribution >= 4 is 21.9 Å². The van der Waals surface area contributed by atoms with Crippen molar-refractivity contribution in [1.82, 2.24) is 0 Å². The van der Waals surface area contributed by atoms with E-state index in [0.717, 1.165) is 33.1 Å². The zero-order valence-electron chi connectivity index (χ0n) is 23.6. The van der Waals surface area contributed by atoms with Gasteiger partial charge >= 0.3 is 0 Å². The maximum absolute atomic E-state index is 6.26. The molecule has 0 aliphatic carbocycles. The van der Waals surface area contributed by atoms with Crippen molar-refractivity contribution in [2.24, 2.45) is 0 Å². The number of para-hydroxylation sites is 1. The Morgan fingerprint density at radius 1 is 0.233 bits per heavy atom. The third kappa shape index (κ3) is 4.81. The SMILES string of the molecule is c1ccc(-c2ccc(-c3cc(-c4cccc(-c5ccccc5)c4)cc(-c4ccc5c(c4)oc4ccccc45)c3)cc2)cc1. The summed E-state index contributed by atoms with van der Waals surface area (Å²) < 4.78 is 6.26. The first-order valence-corrected chi connectivity index (χ1v) is 14.7. The molecule has 0 radical (unpaired) electrons. The van der Waals surface area contributed by atoms with Crippen LogP contribution < -0.4 is 0 Å². The van der Waals surface area contributed by atoms with Crippen LogP contribution >= 0.6 is 0 Å². The quantitative estimate of drug-likeness (QED) is 0.208. The Bertz CT molecular complexity index is 2200. The van der Waals surface area contributed by atoms with Gasteiger partial charge in [0.1, 0.15) is 11.2 Å². The summed E-state index contributed by atoms with van der Waals surface area (Å²) in [6.45, 7) is 0. The summed E-state index contributed by atoms with van der Waals surface area (Å²) in [6.07, 6.45) is 0. The van der Waals surface area contributed by atoms with Crippen molar-refractivity contribution < 1.29 is 4.42 Å². The van der Waals surface area contributed by atoms with Crippen LogP contribution in [0.15, 0.2) is 174 Å². The smallest absolute Gasteiger partial charge is 0.136 e. The van der Waals surface area contributed by atoms with Gasteiger partial charge in [0.2, 0.25) is 0 Å². The molecule has 202 valence electrons. The highest BCUT2D eigenvalue weighted by molar-refractivity contribution is 6.06. The average Bonchev–Trinajstić information content (AvgIpc) is 3.47. The van der Waals surface area contributed by atoms with E-state index in [1.807, 2.05) is 12.1 Å². The number of fused-ring (bicyclic) bond motifs is 3. The molecule has 0 bridgehead atoms. The van der Waals surface area contributed by atoms with E-state index in [1.165, 1.54) is 44.5 Å². The van der Waals surface area contributed by atoms with Gasteiger partial charge in [-0.15, -0.1) is 0 Å². The minimum Gasteiger partial charge on any atom is -0.456 e. The summed E-state index contributed by atoms with van der Waals surface area (Å²) in [7, 11) is 0. The van der Waals surface area contributed by atoms with Crippen LogP contribution in [-0.2, 0) is 0 Å². The van der Waals surface area contributed by atoms with Crippen molar-refractivity contribution in [3.8, 4) is 55.6 Å². The third-order valence-corrected chi connectivity index (χ3v) is 8.27. The fraction of sp³-hybridized carbons (Fsp3) is 0. The molecule has 0 saturated heterocycles. The second-order valence-electron chi connectivity index (χ2n) is 11.0. The topological polar surface area (TPSA) is 13.1 Å². The van der Waals surface area contributed by atoms with E-state index in [-0.39, 0.29) is 0 Å². The molecule has 1 heterocycles. The minimum atomic E-state index is 0.906. The Morgan fingerprint density at radius 2 is 0.628 bits per heavy atom. The molecule has 8 rings (SSSR count). The lowest BCUT2D eigenvalue weighted by molar-refractivity contribution is 0.669. The lowest BCUT2D eigenvalue weighted by atomic mass is 9.91. The zero-order chi connectivity index (χ0) is 28.6. The summed E-state index contributed by atoms with van der Waals surface area (Å²) in [5, 5.41) is 2.29. The predicted octanol–water partition coefficient (Wildman–Crippen LogP) is 11.9. The summed E-state index contributed by atoms with van der Waals surface area (Å²) in [5.74, 6) is 0. The minimum absolute atomic E-state index is 0.906. The van der Waals surface area contributed by atoms with Crippen LogP contribution in [0.2, 0.25) is 0 Å². The molecule has 0 unspecified atom stereocenters. The standard InChI is InChI=1S/C42H28O/c1-3-10-29(11-4-1)31-18-20-32(21-19-31)36-25-37(34-15-9-14-33(24-34)30-12-5-2-6-13-30)27-38(26-36)35-22-23-40-39-16-7-8-17-41(39)43-42(40)28-35/h1-28H. The van der Waals surface area contributed by atoms with E-state index >= 15 is 0 Å². The molecule has 43 heavy (non-hydrogen) atoms. The first-order chi connectivity index (χ1) is 21.3. The summed E-state index contributed by atoms with van der Waals surface area (Å²) in [6, 6.07) is 60.6. The van der Waals surface area contributed by atoms with Crippen molar-refractivity contribution in [2.75, 3.05) is 0 Å². The van der Waals surface area contributed by atoms with Crippen LogP contribution in [-0.4, -0.2) is 0 Å². The molecule has 0 aliphatic rings. The molecule has 0 atom stereocenters. The number of hydrogen-bond donors (Lipinski definition) is 0. The highest BCUT2D eigenvalue weighted by Crippen LogP contribution is 2.37. The van der Waals surface area contributed by atoms with Gasteiger partial charge < -0.3 is 4.42 Å². The fourth-order valence-electron chi connectivity index (χ4n) is 6.03. The highest BCUT2D eigenvalue weighted by atomic mass is 16.3. The average molecular weight is 549 g/mol. The van der Waals surface area contributed by atoms with Crippen LogP contribution in [0.25, 0.3) is 77.6 Å². The normalized spacial score (nSPS) is 11.3. The third-order valence-electron chi connectivity index (χ3n) is 8.27. The Morgan fingerprint density at radius 3 is 1.30 bits per heavy atom. The van der Waals surface area contributed by atoms with Crippen LogP contribution in [0.1, 0.15) is 0 Å². The lowest BCUT2D eigenvalue weighted by Crippen LogP contribution is -1.87. The Kier molecular flexibility index (Phi) is 6.20. The Labute approximate surface area is 251 Å². The number of hydrogen-bond acceptors (Lipinski definition) is 1. The highest BCUT2D eigenvalue weighted by Gasteiger charge is 2.12. The van der Waals surface area contributed by atoms with Crippen molar-refractivity contribution in [1.29, 1.82) is 0 Å². The van der Waals surface area contributed by atoms with Gasteiger partial charge in [-0.1, -0.05) is 127 Å². The molecule has 7 aromatic carbocycles. The molecule has 1 heteroatoms. The first-order valence-electron chi connectivity index (χ1n) is 14.7. The predicted molar refractivity (Wildman–Crippen MR) is 181 cm³/mol. The Balaban J connectivity index is 1.27. The molecule has 0 saturated carbocycles. The summed E-state index contributed by atoms with van der Waals surface area (Å²) >= 11 is 0. The first kappa shape index (κ1) is 25.1. The second kappa shape index (κ2) is 10.6. The van der Waals surface area contributed by atoms with Gasteiger partial charge in [-0.3, -0.25) is 0 Å². The van der Waals surface area contributed by atoms with Gasteiger partial charge in [-0.05, 0) is 98.1 Å². The maximum atomic E-state index is 6.26. The molecule has 0 N–H and O–H groups in total. The summed E-state index contributed by atoms with van der Waals surface area (Å²) in [4.78, 5) is 0. The van der Waals surface area contributed by atoms with Crippen LogP contribution in [0, 0.1) is 0 Å². The molecule has 0 fully saturated rings.